The van der Waals surface area contributed by atoms with Crippen LogP contribution in [0.3, 0.4) is 0 Å². The van der Waals surface area contributed by atoms with Crippen LogP contribution in [-0.2, 0) is 4.74 Å². The van der Waals surface area contributed by atoms with Gasteiger partial charge in [-0.1, -0.05) is 29.3 Å². The highest BCUT2D eigenvalue weighted by atomic mass is 79.9. The number of hydrogen-bond donors (Lipinski definition) is 1. The summed E-state index contributed by atoms with van der Waals surface area (Å²) in [5.74, 6) is 0.642. The minimum Gasteiger partial charge on any atom is -0.376 e. The van der Waals surface area contributed by atoms with E-state index >= 15 is 0 Å². The molecule has 1 saturated carbocycles. The number of ether oxygens (including phenoxy) is 1. The van der Waals surface area contributed by atoms with Crippen LogP contribution in [0, 0.1) is 0 Å². The Hall–Kier alpha value is -1.11. The molecular formula is C19H27BrN4O. The minimum atomic E-state index is 0.381. The number of anilines is 1. The zero-order valence-electron chi connectivity index (χ0n) is 14.8. The molecule has 5 nitrogen and oxygen atoms in total. The van der Waals surface area contributed by atoms with E-state index in [0.717, 1.165) is 41.6 Å². The predicted molar refractivity (Wildman–Crippen MR) is 105 cm³/mol. The summed E-state index contributed by atoms with van der Waals surface area (Å²) in [5.41, 5.74) is 8.47. The molecule has 2 aromatic rings. The number of nitrogen functional groups attached to an aromatic ring is 1. The number of halogens is 1. The third-order valence-electron chi connectivity index (χ3n) is 5.70. The first-order chi connectivity index (χ1) is 12.2. The number of fused-ring (bicyclic) bond motifs is 1. The van der Waals surface area contributed by atoms with Crippen molar-refractivity contribution in [2.75, 3.05) is 25.4 Å². The van der Waals surface area contributed by atoms with Gasteiger partial charge in [0.1, 0.15) is 0 Å². The molecule has 0 bridgehead atoms. The highest BCUT2D eigenvalue weighted by Crippen LogP contribution is 2.39. The lowest BCUT2D eigenvalue weighted by Crippen LogP contribution is -2.49. The number of imidazole rings is 1. The van der Waals surface area contributed by atoms with Crippen molar-refractivity contribution in [3.63, 3.8) is 0 Å². The molecule has 1 aromatic carbocycles. The molecule has 2 N–H and O–H groups in total. The van der Waals surface area contributed by atoms with E-state index in [1.54, 1.807) is 0 Å². The number of nitrogens with two attached hydrogens (primary N) is 1. The Bertz CT molecular complexity index is 744. The molecule has 0 radical (unpaired) electrons. The van der Waals surface area contributed by atoms with Crippen LogP contribution in [0.4, 0.5) is 5.95 Å². The summed E-state index contributed by atoms with van der Waals surface area (Å²) >= 11 is 3.59. The molecule has 3 unspecified atom stereocenters. The van der Waals surface area contributed by atoms with Crippen molar-refractivity contribution in [3.05, 3.63) is 22.7 Å². The average Bonchev–Trinajstić information content (AvgIpc) is 3.18. The van der Waals surface area contributed by atoms with E-state index < -0.39 is 0 Å². The lowest BCUT2D eigenvalue weighted by atomic mass is 10.1. The van der Waals surface area contributed by atoms with Crippen LogP contribution in [0.25, 0.3) is 11.0 Å². The Balaban J connectivity index is 1.64. The maximum absolute atomic E-state index is 6.34. The standard InChI is InChI=1S/C19H27BrN4O/c1-2-4-14-12-23(9-10-25-14)16-5-3-6-17(16)24-18-11-13(20)7-8-15(18)22-19(24)21/h7-8,11,14,16-17H,2-6,9-10,12H2,1H3,(H2,21,22). The molecule has 2 fully saturated rings. The van der Waals surface area contributed by atoms with Crippen molar-refractivity contribution in [3.8, 4) is 0 Å². The highest BCUT2D eigenvalue weighted by molar-refractivity contribution is 9.10. The van der Waals surface area contributed by atoms with Gasteiger partial charge in [-0.3, -0.25) is 4.90 Å². The van der Waals surface area contributed by atoms with Gasteiger partial charge in [0.2, 0.25) is 5.95 Å². The van der Waals surface area contributed by atoms with Gasteiger partial charge in [0, 0.05) is 23.6 Å². The molecule has 1 saturated heterocycles. The molecule has 3 atom stereocenters. The van der Waals surface area contributed by atoms with Crippen molar-refractivity contribution >= 4 is 32.9 Å². The van der Waals surface area contributed by atoms with Crippen LogP contribution in [0.1, 0.15) is 45.1 Å². The van der Waals surface area contributed by atoms with Gasteiger partial charge in [0.25, 0.3) is 0 Å². The smallest absolute Gasteiger partial charge is 0.201 e. The van der Waals surface area contributed by atoms with Gasteiger partial charge < -0.3 is 15.0 Å². The van der Waals surface area contributed by atoms with Crippen LogP contribution < -0.4 is 5.73 Å². The lowest BCUT2D eigenvalue weighted by molar-refractivity contribution is -0.0505. The van der Waals surface area contributed by atoms with Crippen LogP contribution in [0.5, 0.6) is 0 Å². The van der Waals surface area contributed by atoms with E-state index in [0.29, 0.717) is 24.1 Å². The molecule has 1 aliphatic heterocycles. The Morgan fingerprint density at radius 2 is 2.16 bits per heavy atom. The number of aromatic nitrogens is 2. The summed E-state index contributed by atoms with van der Waals surface area (Å²) in [6.07, 6.45) is 6.36. The number of benzene rings is 1. The quantitative estimate of drug-likeness (QED) is 0.833. The van der Waals surface area contributed by atoms with Gasteiger partial charge >= 0.3 is 0 Å². The normalized spacial score (nSPS) is 28.0. The first kappa shape index (κ1) is 17.3. The number of hydrogen-bond acceptors (Lipinski definition) is 4. The summed E-state index contributed by atoms with van der Waals surface area (Å²) < 4.78 is 9.31. The maximum Gasteiger partial charge on any atom is 0.201 e. The number of morpholine rings is 1. The van der Waals surface area contributed by atoms with Crippen molar-refractivity contribution < 1.29 is 4.74 Å². The van der Waals surface area contributed by atoms with E-state index in [1.807, 2.05) is 12.1 Å². The fourth-order valence-electron chi connectivity index (χ4n) is 4.62. The molecule has 1 aliphatic carbocycles. The number of rotatable bonds is 4. The third kappa shape index (κ3) is 3.32. The van der Waals surface area contributed by atoms with E-state index in [-0.39, 0.29) is 0 Å². The summed E-state index contributed by atoms with van der Waals surface area (Å²) in [5, 5.41) is 0. The Labute approximate surface area is 157 Å². The van der Waals surface area contributed by atoms with E-state index in [1.165, 1.54) is 25.7 Å². The highest BCUT2D eigenvalue weighted by Gasteiger charge is 2.37. The van der Waals surface area contributed by atoms with E-state index in [9.17, 15) is 0 Å². The van der Waals surface area contributed by atoms with Crippen molar-refractivity contribution in [1.29, 1.82) is 0 Å². The van der Waals surface area contributed by atoms with Gasteiger partial charge in [-0.15, -0.1) is 0 Å². The summed E-state index contributed by atoms with van der Waals surface area (Å²) in [6.45, 7) is 5.15. The Morgan fingerprint density at radius 3 is 3.00 bits per heavy atom. The van der Waals surface area contributed by atoms with Crippen molar-refractivity contribution in [2.45, 2.75) is 57.2 Å². The zero-order chi connectivity index (χ0) is 17.4. The van der Waals surface area contributed by atoms with Crippen LogP contribution in [0.15, 0.2) is 22.7 Å². The van der Waals surface area contributed by atoms with E-state index in [2.05, 4.69) is 43.4 Å². The molecule has 0 amide bonds. The van der Waals surface area contributed by atoms with Crippen molar-refractivity contribution in [2.24, 2.45) is 0 Å². The zero-order valence-corrected chi connectivity index (χ0v) is 16.4. The lowest BCUT2D eigenvalue weighted by Gasteiger charge is -2.39. The van der Waals surface area contributed by atoms with Crippen molar-refractivity contribution in [1.82, 2.24) is 14.5 Å². The van der Waals surface area contributed by atoms with E-state index in [4.69, 9.17) is 10.5 Å². The molecule has 0 spiro atoms. The van der Waals surface area contributed by atoms with Crippen LogP contribution >= 0.6 is 15.9 Å². The number of nitrogens with zero attached hydrogens (tertiary/aromatic N) is 3. The van der Waals surface area contributed by atoms with Gasteiger partial charge in [-0.25, -0.2) is 4.98 Å². The summed E-state index contributed by atoms with van der Waals surface area (Å²) in [7, 11) is 0. The molecule has 2 heterocycles. The SMILES string of the molecule is CCCC1CN(C2CCCC2n2c(N)nc3ccc(Br)cc32)CCO1. The molecule has 2 aliphatic rings. The second-order valence-electron chi connectivity index (χ2n) is 7.32. The molecule has 6 heteroatoms. The molecule has 25 heavy (non-hydrogen) atoms. The maximum atomic E-state index is 6.34. The van der Waals surface area contributed by atoms with Gasteiger partial charge in [0.05, 0.1) is 29.8 Å². The molecule has 4 rings (SSSR count). The monoisotopic (exact) mass is 406 g/mol. The van der Waals surface area contributed by atoms with Gasteiger partial charge in [0.15, 0.2) is 0 Å². The first-order valence-corrected chi connectivity index (χ1v) is 10.2. The third-order valence-corrected chi connectivity index (χ3v) is 6.20. The van der Waals surface area contributed by atoms with Gasteiger partial charge in [-0.05, 0) is 43.9 Å². The summed E-state index contributed by atoms with van der Waals surface area (Å²) in [6, 6.07) is 7.15. The fraction of sp³-hybridized carbons (Fsp3) is 0.632. The Morgan fingerprint density at radius 1 is 1.32 bits per heavy atom. The second kappa shape index (κ2) is 7.25. The van der Waals surface area contributed by atoms with Crippen LogP contribution in [0.2, 0.25) is 0 Å². The summed E-state index contributed by atoms with van der Waals surface area (Å²) in [4.78, 5) is 7.24. The molecule has 136 valence electrons. The van der Waals surface area contributed by atoms with Gasteiger partial charge in [-0.2, -0.15) is 0 Å². The topological polar surface area (TPSA) is 56.3 Å². The fourth-order valence-corrected chi connectivity index (χ4v) is 4.97. The van der Waals surface area contributed by atoms with Crippen LogP contribution in [-0.4, -0.2) is 46.3 Å². The minimum absolute atomic E-state index is 0.381. The first-order valence-electron chi connectivity index (χ1n) is 9.46. The average molecular weight is 407 g/mol. The largest absolute Gasteiger partial charge is 0.376 e. The molecule has 1 aromatic heterocycles. The molecular weight excluding hydrogens is 380 g/mol. The second-order valence-corrected chi connectivity index (χ2v) is 8.23. The predicted octanol–water partition coefficient (Wildman–Crippen LogP) is 3.98. The Kier molecular flexibility index (Phi) is 5.02.